The molecule has 4 aromatic rings. The van der Waals surface area contributed by atoms with E-state index in [1.165, 1.54) is 19.4 Å². The average molecular weight is 549 g/mol. The number of para-hydroxylation sites is 1. The number of rotatable bonds is 9. The van der Waals surface area contributed by atoms with Crippen molar-refractivity contribution in [1.29, 1.82) is 0 Å². The van der Waals surface area contributed by atoms with Gasteiger partial charge < -0.3 is 14.8 Å². The maximum atomic E-state index is 13.9. The van der Waals surface area contributed by atoms with Gasteiger partial charge in [-0.25, -0.2) is 24.4 Å². The molecular formula is C27H29FN8O4. The number of ether oxygens (including phenoxy) is 2. The SMILES string of the molecule is COCCN1C[C@@H](NC(=O)Nc2c(C)c(-c3cnc(OC)nc3)nn2-c2ccccc2)[C@H](c2ccnc(F)c2)O1. The van der Waals surface area contributed by atoms with Gasteiger partial charge in [0, 0.05) is 49.9 Å². The average Bonchev–Trinajstić information content (AvgIpc) is 3.52. The predicted molar refractivity (Wildman–Crippen MR) is 143 cm³/mol. The van der Waals surface area contributed by atoms with Crippen molar-refractivity contribution < 1.29 is 23.5 Å². The zero-order valence-corrected chi connectivity index (χ0v) is 22.2. The van der Waals surface area contributed by atoms with Gasteiger partial charge in [0.2, 0.25) is 5.95 Å². The summed E-state index contributed by atoms with van der Waals surface area (Å²) in [5.41, 5.74) is 3.28. The molecule has 12 nitrogen and oxygen atoms in total. The lowest BCUT2D eigenvalue weighted by Crippen LogP contribution is -2.42. The first-order valence-corrected chi connectivity index (χ1v) is 12.6. The van der Waals surface area contributed by atoms with Gasteiger partial charge >= 0.3 is 12.0 Å². The van der Waals surface area contributed by atoms with E-state index in [2.05, 4.69) is 25.6 Å². The number of carbonyl (C=O) groups is 1. The van der Waals surface area contributed by atoms with E-state index in [0.29, 0.717) is 47.9 Å². The number of hydroxylamine groups is 2. The molecule has 4 heterocycles. The van der Waals surface area contributed by atoms with Gasteiger partial charge in [-0.3, -0.25) is 10.2 Å². The maximum absolute atomic E-state index is 13.9. The van der Waals surface area contributed by atoms with E-state index < -0.39 is 24.1 Å². The number of anilines is 1. The van der Waals surface area contributed by atoms with E-state index in [4.69, 9.17) is 19.4 Å². The van der Waals surface area contributed by atoms with Crippen molar-refractivity contribution >= 4 is 11.8 Å². The number of urea groups is 1. The summed E-state index contributed by atoms with van der Waals surface area (Å²) < 4.78 is 25.8. The molecular weight excluding hydrogens is 519 g/mol. The summed E-state index contributed by atoms with van der Waals surface area (Å²) in [7, 11) is 3.09. The second kappa shape index (κ2) is 12.2. The molecule has 40 heavy (non-hydrogen) atoms. The highest BCUT2D eigenvalue weighted by atomic mass is 19.1. The molecule has 0 aliphatic carbocycles. The number of benzene rings is 1. The van der Waals surface area contributed by atoms with Gasteiger partial charge in [0.1, 0.15) is 17.6 Å². The highest BCUT2D eigenvalue weighted by Gasteiger charge is 2.37. The second-order valence-corrected chi connectivity index (χ2v) is 9.05. The third-order valence-corrected chi connectivity index (χ3v) is 6.41. The molecule has 1 aromatic carbocycles. The van der Waals surface area contributed by atoms with Gasteiger partial charge in [0.15, 0.2) is 0 Å². The fraction of sp³-hybridized carbons (Fsp3) is 0.296. The Kier molecular flexibility index (Phi) is 8.24. The zero-order valence-electron chi connectivity index (χ0n) is 22.2. The topological polar surface area (TPSA) is 129 Å². The second-order valence-electron chi connectivity index (χ2n) is 9.05. The van der Waals surface area contributed by atoms with E-state index in [-0.39, 0.29) is 6.01 Å². The predicted octanol–water partition coefficient (Wildman–Crippen LogP) is 3.31. The highest BCUT2D eigenvalue weighted by Crippen LogP contribution is 2.32. The number of aromatic nitrogens is 5. The molecule has 0 spiro atoms. The minimum atomic E-state index is -0.628. The molecule has 3 aromatic heterocycles. The number of hydrogen-bond acceptors (Lipinski definition) is 9. The van der Waals surface area contributed by atoms with Crippen molar-refractivity contribution in [2.75, 3.05) is 39.2 Å². The van der Waals surface area contributed by atoms with Gasteiger partial charge in [-0.2, -0.15) is 14.6 Å². The summed E-state index contributed by atoms with van der Waals surface area (Å²) in [6, 6.07) is 11.7. The van der Waals surface area contributed by atoms with E-state index in [1.54, 1.807) is 35.3 Å². The Morgan fingerprint density at radius 2 is 1.93 bits per heavy atom. The van der Waals surface area contributed by atoms with Crippen LogP contribution in [0.3, 0.4) is 0 Å². The molecule has 1 saturated heterocycles. The first-order valence-electron chi connectivity index (χ1n) is 12.6. The van der Waals surface area contributed by atoms with E-state index in [0.717, 1.165) is 5.69 Å². The number of carbonyl (C=O) groups excluding carboxylic acids is 1. The molecule has 208 valence electrons. The van der Waals surface area contributed by atoms with Crippen molar-refractivity contribution in [2.45, 2.75) is 19.1 Å². The van der Waals surface area contributed by atoms with Crippen LogP contribution in [-0.4, -0.2) is 75.8 Å². The molecule has 5 rings (SSSR count). The summed E-state index contributed by atoms with van der Waals surface area (Å²) in [5, 5.41) is 12.4. The van der Waals surface area contributed by atoms with Gasteiger partial charge in [-0.05, 0) is 36.8 Å². The van der Waals surface area contributed by atoms with Gasteiger partial charge in [-0.1, -0.05) is 18.2 Å². The van der Waals surface area contributed by atoms with Crippen LogP contribution >= 0.6 is 0 Å². The summed E-state index contributed by atoms with van der Waals surface area (Å²) in [4.78, 5) is 31.4. The van der Waals surface area contributed by atoms with Crippen LogP contribution in [0.25, 0.3) is 16.9 Å². The number of nitrogens with zero attached hydrogens (tertiary/aromatic N) is 6. The van der Waals surface area contributed by atoms with Crippen LogP contribution in [0.4, 0.5) is 15.0 Å². The third-order valence-electron chi connectivity index (χ3n) is 6.41. The molecule has 0 saturated carbocycles. The Bertz CT molecular complexity index is 1450. The Morgan fingerprint density at radius 3 is 2.62 bits per heavy atom. The number of methoxy groups -OCH3 is 2. The monoisotopic (exact) mass is 548 g/mol. The van der Waals surface area contributed by atoms with Crippen LogP contribution in [0, 0.1) is 12.9 Å². The van der Waals surface area contributed by atoms with Crippen LogP contribution in [0.15, 0.2) is 61.1 Å². The largest absolute Gasteiger partial charge is 0.467 e. The van der Waals surface area contributed by atoms with Gasteiger partial charge in [0.25, 0.3) is 0 Å². The molecule has 2 atom stereocenters. The van der Waals surface area contributed by atoms with Crippen molar-refractivity contribution in [3.63, 3.8) is 0 Å². The van der Waals surface area contributed by atoms with E-state index in [1.807, 2.05) is 37.3 Å². The van der Waals surface area contributed by atoms with Crippen molar-refractivity contribution in [3.8, 4) is 23.0 Å². The Morgan fingerprint density at radius 1 is 1.15 bits per heavy atom. The molecule has 2 amide bonds. The van der Waals surface area contributed by atoms with Crippen LogP contribution < -0.4 is 15.4 Å². The molecule has 0 bridgehead atoms. The summed E-state index contributed by atoms with van der Waals surface area (Å²) in [6.45, 7) is 3.14. The minimum absolute atomic E-state index is 0.239. The van der Waals surface area contributed by atoms with E-state index >= 15 is 0 Å². The normalized spacial score (nSPS) is 17.1. The number of nitrogens with one attached hydrogen (secondary N) is 2. The fourth-order valence-electron chi connectivity index (χ4n) is 4.47. The molecule has 1 fully saturated rings. The quantitative estimate of drug-likeness (QED) is 0.303. The fourth-order valence-corrected chi connectivity index (χ4v) is 4.47. The van der Waals surface area contributed by atoms with Crippen LogP contribution in [0.5, 0.6) is 6.01 Å². The molecule has 1 aliphatic heterocycles. The Labute approximate surface area is 230 Å². The zero-order chi connectivity index (χ0) is 28.1. The van der Waals surface area contributed by atoms with Crippen LogP contribution in [0.1, 0.15) is 17.2 Å². The number of amides is 2. The lowest BCUT2D eigenvalue weighted by molar-refractivity contribution is -0.154. The van der Waals surface area contributed by atoms with Crippen LogP contribution in [-0.2, 0) is 9.57 Å². The number of hydrogen-bond donors (Lipinski definition) is 2. The van der Waals surface area contributed by atoms with Gasteiger partial charge in [-0.15, -0.1) is 0 Å². The Hall–Kier alpha value is -4.46. The minimum Gasteiger partial charge on any atom is -0.467 e. The summed E-state index contributed by atoms with van der Waals surface area (Å²) in [6.07, 6.45) is 3.98. The number of pyridine rings is 1. The highest BCUT2D eigenvalue weighted by molar-refractivity contribution is 5.91. The van der Waals surface area contributed by atoms with Crippen molar-refractivity contribution in [3.05, 3.63) is 78.1 Å². The van der Waals surface area contributed by atoms with Gasteiger partial charge in [0.05, 0.1) is 25.4 Å². The summed E-state index contributed by atoms with van der Waals surface area (Å²) >= 11 is 0. The molecule has 13 heteroatoms. The maximum Gasteiger partial charge on any atom is 0.320 e. The smallest absolute Gasteiger partial charge is 0.320 e. The summed E-state index contributed by atoms with van der Waals surface area (Å²) in [5.74, 6) is -0.159. The lowest BCUT2D eigenvalue weighted by Gasteiger charge is -2.19. The molecule has 0 unspecified atom stereocenters. The van der Waals surface area contributed by atoms with Crippen LogP contribution in [0.2, 0.25) is 0 Å². The van der Waals surface area contributed by atoms with Crippen molar-refractivity contribution in [2.24, 2.45) is 0 Å². The standard InChI is InChI=1S/C27H29FN8O4/c1-17-23(19-14-30-27(39-3)31-15-19)34-36(20-7-5-4-6-8-20)25(17)33-26(37)32-21-16-35(11-12-38-2)40-24(21)18-9-10-29-22(28)13-18/h4-10,13-15,21,24H,11-12,16H2,1-3H3,(H2,32,33,37)/t21-,24+/m1/s1. The van der Waals surface area contributed by atoms with E-state index in [9.17, 15) is 9.18 Å². The third kappa shape index (κ3) is 5.91. The number of halogens is 1. The molecule has 0 radical (unpaired) electrons. The molecule has 1 aliphatic rings. The first kappa shape index (κ1) is 27.1. The molecule has 2 N–H and O–H groups in total. The lowest BCUT2D eigenvalue weighted by atomic mass is 10.0. The van der Waals surface area contributed by atoms with Crippen molar-refractivity contribution in [1.82, 2.24) is 35.1 Å². The Balaban J connectivity index is 1.42. The first-order chi connectivity index (χ1) is 19.5.